The molecule has 0 aromatic heterocycles. The van der Waals surface area contributed by atoms with Crippen molar-refractivity contribution < 1.29 is 17.9 Å². The van der Waals surface area contributed by atoms with E-state index in [0.717, 1.165) is 25.8 Å². The fourth-order valence-electron chi connectivity index (χ4n) is 2.65. The average molecular weight is 342 g/mol. The zero-order valence-corrected chi connectivity index (χ0v) is 14.6. The van der Waals surface area contributed by atoms with Gasteiger partial charge in [-0.2, -0.15) is 0 Å². The number of nitrogens with one attached hydrogen (secondary N) is 2. The summed E-state index contributed by atoms with van der Waals surface area (Å²) in [6.45, 7) is 6.12. The van der Waals surface area contributed by atoms with Gasteiger partial charge >= 0.3 is 0 Å². The van der Waals surface area contributed by atoms with Crippen molar-refractivity contribution in [3.63, 3.8) is 0 Å². The minimum Gasteiger partial charge on any atom is -0.490 e. The minimum absolute atomic E-state index is 0.198. The van der Waals surface area contributed by atoms with Gasteiger partial charge in [-0.1, -0.05) is 0 Å². The molecule has 1 fully saturated rings. The van der Waals surface area contributed by atoms with E-state index in [1.807, 2.05) is 13.8 Å². The van der Waals surface area contributed by atoms with Crippen LogP contribution in [-0.4, -0.2) is 40.8 Å². The fraction of sp³-hybridized carbons (Fsp3) is 0.625. The zero-order chi connectivity index (χ0) is 16.7. The lowest BCUT2D eigenvalue weighted by molar-refractivity contribution is 0.287. The molecule has 0 spiro atoms. The van der Waals surface area contributed by atoms with E-state index in [1.165, 1.54) is 6.07 Å². The quantitative estimate of drug-likeness (QED) is 0.717. The molecular weight excluding hydrogens is 316 g/mol. The van der Waals surface area contributed by atoms with Crippen molar-refractivity contribution >= 4 is 10.0 Å². The van der Waals surface area contributed by atoms with Crippen molar-refractivity contribution in [2.45, 2.75) is 44.0 Å². The van der Waals surface area contributed by atoms with E-state index in [1.54, 1.807) is 12.1 Å². The number of rotatable bonds is 9. The SMILES string of the molecule is CCOc1ccc(S(=O)(=O)NCC[C@H]2CCCN2)cc1OCC. The second-order valence-electron chi connectivity index (χ2n) is 5.45. The molecule has 23 heavy (non-hydrogen) atoms. The maximum atomic E-state index is 12.4. The Balaban J connectivity index is 2.03. The molecule has 0 unspecified atom stereocenters. The summed E-state index contributed by atoms with van der Waals surface area (Å²) in [5.41, 5.74) is 0. The summed E-state index contributed by atoms with van der Waals surface area (Å²) < 4.78 is 38.4. The first-order chi connectivity index (χ1) is 11.1. The topological polar surface area (TPSA) is 76.7 Å². The molecule has 1 heterocycles. The highest BCUT2D eigenvalue weighted by Gasteiger charge is 2.19. The first-order valence-corrected chi connectivity index (χ1v) is 9.67. The van der Waals surface area contributed by atoms with Crippen molar-refractivity contribution in [1.82, 2.24) is 10.0 Å². The lowest BCUT2D eigenvalue weighted by Crippen LogP contribution is -2.30. The molecule has 1 aromatic carbocycles. The molecule has 2 N–H and O–H groups in total. The minimum atomic E-state index is -3.54. The smallest absolute Gasteiger partial charge is 0.240 e. The van der Waals surface area contributed by atoms with E-state index < -0.39 is 10.0 Å². The predicted octanol–water partition coefficient (Wildman–Crippen LogP) is 1.90. The Morgan fingerprint density at radius 2 is 1.96 bits per heavy atom. The van der Waals surface area contributed by atoms with Crippen LogP contribution < -0.4 is 19.5 Å². The second-order valence-corrected chi connectivity index (χ2v) is 7.22. The Labute approximate surface area is 138 Å². The Kier molecular flexibility index (Phi) is 6.68. The third-order valence-corrected chi connectivity index (χ3v) is 5.23. The van der Waals surface area contributed by atoms with Gasteiger partial charge in [-0.15, -0.1) is 0 Å². The van der Waals surface area contributed by atoms with Gasteiger partial charge in [-0.05, 0) is 51.8 Å². The molecule has 1 aromatic rings. The summed E-state index contributed by atoms with van der Waals surface area (Å²) in [4.78, 5) is 0.198. The summed E-state index contributed by atoms with van der Waals surface area (Å²) >= 11 is 0. The third-order valence-electron chi connectivity index (χ3n) is 3.77. The Morgan fingerprint density at radius 1 is 1.22 bits per heavy atom. The van der Waals surface area contributed by atoms with Crippen LogP contribution in [0.4, 0.5) is 0 Å². The number of hydrogen-bond acceptors (Lipinski definition) is 5. The maximum Gasteiger partial charge on any atom is 0.240 e. The number of benzene rings is 1. The molecule has 1 saturated heterocycles. The molecular formula is C16H26N2O4S. The van der Waals surface area contributed by atoms with Crippen LogP contribution in [0.15, 0.2) is 23.1 Å². The van der Waals surface area contributed by atoms with Gasteiger partial charge < -0.3 is 14.8 Å². The Morgan fingerprint density at radius 3 is 2.61 bits per heavy atom. The molecule has 7 heteroatoms. The highest BCUT2D eigenvalue weighted by atomic mass is 32.2. The molecule has 6 nitrogen and oxygen atoms in total. The molecule has 0 saturated carbocycles. The van der Waals surface area contributed by atoms with E-state index in [4.69, 9.17) is 9.47 Å². The molecule has 1 atom stereocenters. The summed E-state index contributed by atoms with van der Waals surface area (Å²) in [5.74, 6) is 1.01. The van der Waals surface area contributed by atoms with Crippen molar-refractivity contribution in [3.8, 4) is 11.5 Å². The third kappa shape index (κ3) is 5.09. The van der Waals surface area contributed by atoms with E-state index in [0.29, 0.717) is 37.3 Å². The largest absolute Gasteiger partial charge is 0.490 e. The molecule has 0 aliphatic carbocycles. The van der Waals surface area contributed by atoms with Crippen molar-refractivity contribution in [2.75, 3.05) is 26.3 Å². The maximum absolute atomic E-state index is 12.4. The van der Waals surface area contributed by atoms with Crippen molar-refractivity contribution in [1.29, 1.82) is 0 Å². The predicted molar refractivity (Wildman–Crippen MR) is 89.6 cm³/mol. The van der Waals surface area contributed by atoms with E-state index in [-0.39, 0.29) is 4.90 Å². The number of sulfonamides is 1. The van der Waals surface area contributed by atoms with Gasteiger partial charge in [0.05, 0.1) is 18.1 Å². The Hall–Kier alpha value is -1.31. The van der Waals surface area contributed by atoms with E-state index in [2.05, 4.69) is 10.0 Å². The van der Waals surface area contributed by atoms with Gasteiger partial charge in [0, 0.05) is 18.7 Å². The fourth-order valence-corrected chi connectivity index (χ4v) is 3.72. The first-order valence-electron chi connectivity index (χ1n) is 8.19. The van der Waals surface area contributed by atoms with Gasteiger partial charge in [0.25, 0.3) is 0 Å². The van der Waals surface area contributed by atoms with Gasteiger partial charge in [-0.3, -0.25) is 0 Å². The van der Waals surface area contributed by atoms with Gasteiger partial charge in [0.2, 0.25) is 10.0 Å². The molecule has 0 radical (unpaired) electrons. The normalized spacial score (nSPS) is 18.1. The first kappa shape index (κ1) is 18.0. The van der Waals surface area contributed by atoms with Crippen LogP contribution in [-0.2, 0) is 10.0 Å². The van der Waals surface area contributed by atoms with Crippen molar-refractivity contribution in [2.24, 2.45) is 0 Å². The lowest BCUT2D eigenvalue weighted by Gasteiger charge is -2.14. The summed E-state index contributed by atoms with van der Waals surface area (Å²) in [6.07, 6.45) is 3.07. The average Bonchev–Trinajstić information content (AvgIpc) is 3.02. The summed E-state index contributed by atoms with van der Waals surface area (Å²) in [6, 6.07) is 5.12. The second kappa shape index (κ2) is 8.52. The molecule has 1 aliphatic heterocycles. The Bertz CT molecular complexity index is 598. The van der Waals surface area contributed by atoms with Gasteiger partial charge in [0.15, 0.2) is 11.5 Å². The van der Waals surface area contributed by atoms with Crippen LogP contribution in [0.2, 0.25) is 0 Å². The van der Waals surface area contributed by atoms with Gasteiger partial charge in [0.1, 0.15) is 0 Å². The van der Waals surface area contributed by atoms with Crippen molar-refractivity contribution in [3.05, 3.63) is 18.2 Å². The van der Waals surface area contributed by atoms with Crippen LogP contribution in [0.1, 0.15) is 33.1 Å². The van der Waals surface area contributed by atoms with Crippen LogP contribution in [0.25, 0.3) is 0 Å². The molecule has 0 amide bonds. The zero-order valence-electron chi connectivity index (χ0n) is 13.8. The standard InChI is InChI=1S/C16H26N2O4S/c1-3-21-15-8-7-14(12-16(15)22-4-2)23(19,20)18-11-9-13-6-5-10-17-13/h7-8,12-13,17-18H,3-6,9-11H2,1-2H3/t13-/m1/s1. The highest BCUT2D eigenvalue weighted by Crippen LogP contribution is 2.30. The van der Waals surface area contributed by atoms with E-state index in [9.17, 15) is 8.42 Å². The monoisotopic (exact) mass is 342 g/mol. The molecule has 1 aliphatic rings. The van der Waals surface area contributed by atoms with E-state index >= 15 is 0 Å². The lowest BCUT2D eigenvalue weighted by atomic mass is 10.2. The van der Waals surface area contributed by atoms with Crippen LogP contribution >= 0.6 is 0 Å². The van der Waals surface area contributed by atoms with Gasteiger partial charge in [-0.25, -0.2) is 13.1 Å². The van der Waals surface area contributed by atoms with Crippen LogP contribution in [0, 0.1) is 0 Å². The summed E-state index contributed by atoms with van der Waals surface area (Å²) in [7, 11) is -3.54. The highest BCUT2D eigenvalue weighted by molar-refractivity contribution is 7.89. The molecule has 130 valence electrons. The molecule has 0 bridgehead atoms. The van der Waals surface area contributed by atoms with Crippen LogP contribution in [0.3, 0.4) is 0 Å². The number of ether oxygens (including phenoxy) is 2. The number of hydrogen-bond donors (Lipinski definition) is 2. The van der Waals surface area contributed by atoms with Crippen LogP contribution in [0.5, 0.6) is 11.5 Å². The summed E-state index contributed by atoms with van der Waals surface area (Å²) in [5, 5.41) is 3.36. The molecule has 2 rings (SSSR count).